The number of nitriles is 2. The first-order valence-electron chi connectivity index (χ1n) is 2.15. The van der Waals surface area contributed by atoms with Crippen molar-refractivity contribution in [2.75, 3.05) is 6.61 Å². The summed E-state index contributed by atoms with van der Waals surface area (Å²) >= 11 is 0. The van der Waals surface area contributed by atoms with Crippen LogP contribution in [0, 0.1) is 22.7 Å². The van der Waals surface area contributed by atoms with Crippen LogP contribution in [0.2, 0.25) is 0 Å². The van der Waals surface area contributed by atoms with E-state index in [1.54, 1.807) is 6.92 Å². The van der Waals surface area contributed by atoms with E-state index in [4.69, 9.17) is 15.3 Å². The third-order valence-corrected chi connectivity index (χ3v) is 0.492. The molecule has 3 nitrogen and oxygen atoms in total. The SMILES string of the molecule is [BH3-]C(C#N)(C#N)OCC. The molecule has 0 amide bonds. The molecule has 0 unspecified atom stereocenters. The monoisotopic (exact) mass is 123 g/mol. The third kappa shape index (κ3) is 2.16. The fourth-order valence-electron chi connectivity index (χ4n) is 0.234. The van der Waals surface area contributed by atoms with Gasteiger partial charge in [0.2, 0.25) is 0 Å². The van der Waals surface area contributed by atoms with Gasteiger partial charge in [0.1, 0.15) is 5.50 Å². The molecule has 0 saturated carbocycles. The van der Waals surface area contributed by atoms with Crippen molar-refractivity contribution in [3.8, 4) is 12.1 Å². The average molecular weight is 123 g/mol. The molecule has 0 radical (unpaired) electrons. The van der Waals surface area contributed by atoms with Gasteiger partial charge in [-0.2, -0.15) is 10.5 Å². The van der Waals surface area contributed by atoms with Crippen molar-refractivity contribution >= 4 is 7.85 Å². The quantitative estimate of drug-likeness (QED) is 0.448. The van der Waals surface area contributed by atoms with Crippen LogP contribution in [-0.4, -0.2) is 20.0 Å². The minimum Gasteiger partial charge on any atom is -0.386 e. The smallest absolute Gasteiger partial charge is 0.101 e. The zero-order valence-electron chi connectivity index (χ0n) is 4.51. The van der Waals surface area contributed by atoms with Gasteiger partial charge in [0, 0.05) is 14.5 Å². The molecule has 0 spiro atoms. The van der Waals surface area contributed by atoms with Crippen molar-refractivity contribution in [1.82, 2.24) is 0 Å². The molecule has 0 saturated heterocycles. The van der Waals surface area contributed by atoms with Crippen LogP contribution in [-0.2, 0) is 4.74 Å². The van der Waals surface area contributed by atoms with Crippen molar-refractivity contribution in [3.05, 3.63) is 0 Å². The Morgan fingerprint density at radius 2 is 2.00 bits per heavy atom. The normalized spacial score (nSPS) is 9.78. The molecule has 48 valence electrons. The summed E-state index contributed by atoms with van der Waals surface area (Å²) in [5.74, 6) is 0. The second-order valence-electron chi connectivity index (χ2n) is 0.986. The first-order valence-corrected chi connectivity index (χ1v) is 2.15. The highest BCUT2D eigenvalue weighted by molar-refractivity contribution is 6.18. The van der Waals surface area contributed by atoms with Crippen LogP contribution >= 0.6 is 0 Å². The van der Waals surface area contributed by atoms with Gasteiger partial charge in [-0.05, 0) is 6.92 Å². The molecule has 4 heteroatoms. The second-order valence-corrected chi connectivity index (χ2v) is 0.986. The van der Waals surface area contributed by atoms with Crippen LogP contribution in [0.15, 0.2) is 0 Å². The maximum atomic E-state index is 8.38. The molecule has 0 aliphatic carbocycles. The minimum absolute atomic E-state index is 0.370. The van der Waals surface area contributed by atoms with Crippen LogP contribution in [0.25, 0.3) is 0 Å². The number of ether oxygens (including phenoxy) is 1. The Labute approximate surface area is 55.2 Å². The summed E-state index contributed by atoms with van der Waals surface area (Å²) < 4.78 is 4.92. The number of nitrogens with zero attached hydrogens (tertiary/aromatic N) is 2. The molecule has 0 N–H and O–H groups in total. The third-order valence-electron chi connectivity index (χ3n) is 0.492. The van der Waals surface area contributed by atoms with E-state index in [9.17, 15) is 0 Å². The topological polar surface area (TPSA) is 56.8 Å². The number of hydrogen-bond acceptors (Lipinski definition) is 3. The molecular weight excluding hydrogens is 115 g/mol. The molecule has 0 rings (SSSR count). The first kappa shape index (κ1) is 8.00. The highest BCUT2D eigenvalue weighted by Crippen LogP contribution is 2.00. The van der Waals surface area contributed by atoms with E-state index in [1.807, 2.05) is 12.1 Å². The fourth-order valence-corrected chi connectivity index (χ4v) is 0.234. The molecular formula is C5H8BN2O-. The highest BCUT2D eigenvalue weighted by Gasteiger charge is 2.14. The summed E-state index contributed by atoms with van der Waals surface area (Å²) in [5.41, 5.74) is -1.01. The lowest BCUT2D eigenvalue weighted by Crippen LogP contribution is -2.28. The molecule has 0 heterocycles. The largest absolute Gasteiger partial charge is 0.386 e. The Bertz CT molecular complexity index is 153. The molecule has 9 heavy (non-hydrogen) atoms. The van der Waals surface area contributed by atoms with Crippen molar-refractivity contribution in [3.63, 3.8) is 0 Å². The van der Waals surface area contributed by atoms with Crippen LogP contribution < -0.4 is 0 Å². The van der Waals surface area contributed by atoms with Crippen LogP contribution in [0.1, 0.15) is 6.92 Å². The zero-order chi connectivity index (χ0) is 7.33. The van der Waals surface area contributed by atoms with E-state index < -0.39 is 5.50 Å². The van der Waals surface area contributed by atoms with Gasteiger partial charge in [-0.1, -0.05) is 0 Å². The van der Waals surface area contributed by atoms with E-state index in [-0.39, 0.29) is 7.85 Å². The van der Waals surface area contributed by atoms with Gasteiger partial charge >= 0.3 is 0 Å². The van der Waals surface area contributed by atoms with Crippen LogP contribution in [0.5, 0.6) is 0 Å². The molecule has 0 aromatic heterocycles. The number of hydrogen-bond donors (Lipinski definition) is 0. The molecule has 0 aromatic rings. The van der Waals surface area contributed by atoms with Gasteiger partial charge in [-0.15, -0.1) is 0 Å². The summed E-state index contributed by atoms with van der Waals surface area (Å²) in [5, 5.41) is 16.8. The summed E-state index contributed by atoms with van der Waals surface area (Å²) in [4.78, 5) is 0. The average Bonchev–Trinajstić information content (AvgIpc) is 1.89. The molecule has 0 atom stereocenters. The van der Waals surface area contributed by atoms with Gasteiger partial charge in [0.15, 0.2) is 0 Å². The zero-order valence-corrected chi connectivity index (χ0v) is 4.51. The first-order chi connectivity index (χ1) is 4.18. The standard InChI is InChI=1S/C5H8BN2O/c1-2-9-5(6,3-7)4-8/h2H2,1,6H3/q-1. The van der Waals surface area contributed by atoms with Gasteiger partial charge < -0.3 is 4.74 Å². The van der Waals surface area contributed by atoms with Gasteiger partial charge in [0.05, 0.1) is 12.1 Å². The fraction of sp³-hybridized carbons (Fsp3) is 0.600. The van der Waals surface area contributed by atoms with E-state index in [0.717, 1.165) is 0 Å². The maximum absolute atomic E-state index is 8.38. The summed E-state index contributed by atoms with van der Waals surface area (Å²) in [6.45, 7) is 2.23. The predicted octanol–water partition coefficient (Wildman–Crippen LogP) is -0.868. The Balaban J connectivity index is 4.02. The number of rotatable bonds is 2. The van der Waals surface area contributed by atoms with Crippen molar-refractivity contribution in [1.29, 1.82) is 10.5 Å². The van der Waals surface area contributed by atoms with Crippen molar-refractivity contribution in [2.45, 2.75) is 12.4 Å². The summed E-state index contributed by atoms with van der Waals surface area (Å²) in [6.07, 6.45) is 0. The van der Waals surface area contributed by atoms with Gasteiger partial charge in [0.25, 0.3) is 0 Å². The molecule has 0 fully saturated rings. The van der Waals surface area contributed by atoms with E-state index in [1.165, 1.54) is 0 Å². The lowest BCUT2D eigenvalue weighted by Gasteiger charge is -2.16. The molecule has 0 aliphatic heterocycles. The van der Waals surface area contributed by atoms with E-state index >= 15 is 0 Å². The Hall–Kier alpha value is -0.995. The summed E-state index contributed by atoms with van der Waals surface area (Å²) in [6, 6.07) is 3.71. The molecule has 0 aliphatic rings. The lowest BCUT2D eigenvalue weighted by atomic mass is 9.84. The van der Waals surface area contributed by atoms with Gasteiger partial charge in [-0.3, -0.25) is 0 Å². The van der Waals surface area contributed by atoms with Crippen LogP contribution in [0.3, 0.4) is 0 Å². The van der Waals surface area contributed by atoms with Crippen molar-refractivity contribution in [2.24, 2.45) is 0 Å². The Morgan fingerprint density at radius 3 is 2.11 bits per heavy atom. The molecule has 0 aromatic carbocycles. The van der Waals surface area contributed by atoms with Crippen LogP contribution in [0.4, 0.5) is 0 Å². The highest BCUT2D eigenvalue weighted by atomic mass is 16.5. The second kappa shape index (κ2) is 3.12. The summed E-state index contributed by atoms with van der Waals surface area (Å²) in [7, 11) is -0.370. The van der Waals surface area contributed by atoms with E-state index in [0.29, 0.717) is 6.61 Å². The Morgan fingerprint density at radius 1 is 1.56 bits per heavy atom. The lowest BCUT2D eigenvalue weighted by molar-refractivity contribution is 0.107. The Kier molecular flexibility index (Phi) is 2.77. The molecule has 0 bridgehead atoms. The van der Waals surface area contributed by atoms with Crippen molar-refractivity contribution < 1.29 is 4.74 Å². The predicted molar refractivity (Wildman–Crippen MR) is 35.5 cm³/mol. The van der Waals surface area contributed by atoms with E-state index in [2.05, 4.69) is 0 Å². The maximum Gasteiger partial charge on any atom is 0.101 e. The minimum atomic E-state index is -1.01. The van der Waals surface area contributed by atoms with Gasteiger partial charge in [-0.25, -0.2) is 0 Å².